The van der Waals surface area contributed by atoms with E-state index in [4.69, 9.17) is 9.47 Å². The maximum Gasteiger partial charge on any atom is 0.279 e. The van der Waals surface area contributed by atoms with Gasteiger partial charge in [-0.1, -0.05) is 5.21 Å². The van der Waals surface area contributed by atoms with Gasteiger partial charge in [0.05, 0.1) is 25.2 Å². The zero-order valence-electron chi connectivity index (χ0n) is 15.2. The molecule has 1 aromatic carbocycles. The van der Waals surface area contributed by atoms with E-state index in [-0.39, 0.29) is 17.9 Å². The third-order valence-electron chi connectivity index (χ3n) is 4.85. The van der Waals surface area contributed by atoms with Gasteiger partial charge < -0.3 is 9.47 Å². The van der Waals surface area contributed by atoms with Crippen LogP contribution < -0.4 is 15.0 Å². The fourth-order valence-electron chi connectivity index (χ4n) is 3.46. The first kappa shape index (κ1) is 17.7. The minimum atomic E-state index is -0.269. The van der Waals surface area contributed by atoms with E-state index in [1.807, 2.05) is 0 Å². The number of rotatable bonds is 5. The molecule has 0 atom stereocenters. The molecular formula is C19H19N3O4S. The van der Waals surface area contributed by atoms with E-state index in [1.54, 1.807) is 36.6 Å². The van der Waals surface area contributed by atoms with Crippen molar-refractivity contribution >= 4 is 27.3 Å². The smallest absolute Gasteiger partial charge is 0.279 e. The number of carbonyl (C=O) groups is 1. The molecule has 140 valence electrons. The molecule has 2 aromatic heterocycles. The van der Waals surface area contributed by atoms with E-state index in [1.165, 1.54) is 12.0 Å². The second kappa shape index (κ2) is 7.11. The largest absolute Gasteiger partial charge is 0.497 e. The van der Waals surface area contributed by atoms with Crippen LogP contribution in [0.5, 0.6) is 11.5 Å². The van der Waals surface area contributed by atoms with Crippen molar-refractivity contribution in [3.05, 3.63) is 44.6 Å². The molecule has 8 heteroatoms. The average molecular weight is 385 g/mol. The van der Waals surface area contributed by atoms with Crippen molar-refractivity contribution in [3.63, 3.8) is 0 Å². The Morgan fingerprint density at radius 3 is 2.81 bits per heavy atom. The molecule has 27 heavy (non-hydrogen) atoms. The zero-order chi connectivity index (χ0) is 19.0. The molecule has 0 fully saturated rings. The summed E-state index contributed by atoms with van der Waals surface area (Å²) in [7, 11) is 3.03. The van der Waals surface area contributed by atoms with Crippen LogP contribution in [-0.4, -0.2) is 35.0 Å². The molecule has 0 saturated heterocycles. The Bertz CT molecular complexity index is 1090. The van der Waals surface area contributed by atoms with Gasteiger partial charge in [-0.25, -0.2) is 4.68 Å². The van der Waals surface area contributed by atoms with Gasteiger partial charge in [-0.05, 0) is 43.4 Å². The molecule has 0 aliphatic heterocycles. The second-order valence-electron chi connectivity index (χ2n) is 6.43. The topological polar surface area (TPSA) is 83.3 Å². The van der Waals surface area contributed by atoms with Crippen LogP contribution in [0.25, 0.3) is 10.2 Å². The first-order valence-corrected chi connectivity index (χ1v) is 9.57. The van der Waals surface area contributed by atoms with Crippen LogP contribution in [0.2, 0.25) is 0 Å². The fraction of sp³-hybridized carbons (Fsp3) is 0.368. The van der Waals surface area contributed by atoms with Gasteiger partial charge in [-0.3, -0.25) is 9.59 Å². The summed E-state index contributed by atoms with van der Waals surface area (Å²) in [5.74, 6) is 0.718. The van der Waals surface area contributed by atoms with Crippen LogP contribution in [0.4, 0.5) is 0 Å². The monoisotopic (exact) mass is 385 g/mol. The number of aromatic nitrogens is 3. The number of Topliss-reactive ketones (excluding diaryl/α,β-unsaturated/α-hetero) is 1. The van der Waals surface area contributed by atoms with Crippen LogP contribution in [0, 0.1) is 0 Å². The third-order valence-corrected chi connectivity index (χ3v) is 6.02. The van der Waals surface area contributed by atoms with Crippen molar-refractivity contribution < 1.29 is 14.3 Å². The third kappa shape index (κ3) is 3.10. The predicted molar refractivity (Wildman–Crippen MR) is 102 cm³/mol. The van der Waals surface area contributed by atoms with Gasteiger partial charge in [0, 0.05) is 10.9 Å². The van der Waals surface area contributed by atoms with Crippen LogP contribution in [0.1, 0.15) is 33.6 Å². The SMILES string of the molecule is COc1ccc(C(=O)Cn2nnc3sc4c(c3c2=O)CCCC4)c(OC)c1. The van der Waals surface area contributed by atoms with Crippen LogP contribution in [0.3, 0.4) is 0 Å². The minimum Gasteiger partial charge on any atom is -0.497 e. The van der Waals surface area contributed by atoms with Crippen LogP contribution in [0.15, 0.2) is 23.0 Å². The van der Waals surface area contributed by atoms with Crippen molar-refractivity contribution in [3.8, 4) is 11.5 Å². The summed E-state index contributed by atoms with van der Waals surface area (Å²) in [4.78, 5) is 27.6. The van der Waals surface area contributed by atoms with Gasteiger partial charge in [0.25, 0.3) is 5.56 Å². The standard InChI is InChI=1S/C19H19N3O4S/c1-25-11-7-8-12(15(9-11)26-2)14(23)10-22-19(24)17-13-5-3-4-6-16(13)27-18(17)20-21-22/h7-9H,3-6,10H2,1-2H3. The fourth-order valence-corrected chi connectivity index (χ4v) is 4.66. The predicted octanol–water partition coefficient (Wildman–Crippen LogP) is 2.63. The molecule has 0 saturated carbocycles. The highest BCUT2D eigenvalue weighted by Gasteiger charge is 2.22. The minimum absolute atomic E-state index is 0.185. The molecule has 2 heterocycles. The normalized spacial score (nSPS) is 13.4. The van der Waals surface area contributed by atoms with Gasteiger partial charge in [0.15, 0.2) is 10.6 Å². The van der Waals surface area contributed by atoms with Gasteiger partial charge >= 0.3 is 0 Å². The molecule has 0 bridgehead atoms. The highest BCUT2D eigenvalue weighted by atomic mass is 32.1. The number of hydrogen-bond donors (Lipinski definition) is 0. The number of hydrogen-bond acceptors (Lipinski definition) is 7. The summed E-state index contributed by atoms with van der Waals surface area (Å²) in [6.07, 6.45) is 4.08. The molecule has 0 unspecified atom stereocenters. The number of fused-ring (bicyclic) bond motifs is 3. The van der Waals surface area contributed by atoms with Gasteiger partial charge in [-0.2, -0.15) is 0 Å². The van der Waals surface area contributed by atoms with Crippen molar-refractivity contribution in [1.29, 1.82) is 0 Å². The van der Waals surface area contributed by atoms with E-state index in [9.17, 15) is 9.59 Å². The Kier molecular flexibility index (Phi) is 4.65. The lowest BCUT2D eigenvalue weighted by Crippen LogP contribution is -2.28. The Hall–Kier alpha value is -2.74. The molecule has 7 nitrogen and oxygen atoms in total. The number of nitrogens with zero attached hydrogens (tertiary/aromatic N) is 3. The number of benzene rings is 1. The Morgan fingerprint density at radius 1 is 1.22 bits per heavy atom. The highest BCUT2D eigenvalue weighted by molar-refractivity contribution is 7.18. The Labute approximate surface area is 159 Å². The highest BCUT2D eigenvalue weighted by Crippen LogP contribution is 2.33. The number of ketones is 1. The molecular weight excluding hydrogens is 366 g/mol. The number of aryl methyl sites for hydroxylation is 2. The van der Waals surface area contributed by atoms with E-state index < -0.39 is 0 Å². The molecule has 0 N–H and O–H groups in total. The van der Waals surface area contributed by atoms with Crippen molar-refractivity contribution in [2.24, 2.45) is 0 Å². The number of ether oxygens (including phenoxy) is 2. The second-order valence-corrected chi connectivity index (χ2v) is 7.52. The maximum atomic E-state index is 12.9. The summed E-state index contributed by atoms with van der Waals surface area (Å²) in [6, 6.07) is 4.95. The average Bonchev–Trinajstić information content (AvgIpc) is 3.08. The van der Waals surface area contributed by atoms with Gasteiger partial charge in [0.1, 0.15) is 18.0 Å². The molecule has 1 aliphatic carbocycles. The van der Waals surface area contributed by atoms with Crippen LogP contribution in [-0.2, 0) is 19.4 Å². The van der Waals surface area contributed by atoms with Crippen molar-refractivity contribution in [2.45, 2.75) is 32.2 Å². The molecule has 1 aliphatic rings. The lowest BCUT2D eigenvalue weighted by Gasteiger charge is -2.11. The molecule has 0 radical (unpaired) electrons. The van der Waals surface area contributed by atoms with Crippen molar-refractivity contribution in [1.82, 2.24) is 15.0 Å². The maximum absolute atomic E-state index is 12.9. The summed E-state index contributed by atoms with van der Waals surface area (Å²) >= 11 is 1.54. The zero-order valence-corrected chi connectivity index (χ0v) is 16.0. The first-order chi connectivity index (χ1) is 13.1. The number of carbonyl (C=O) groups excluding carboxylic acids is 1. The van der Waals surface area contributed by atoms with E-state index >= 15 is 0 Å². The van der Waals surface area contributed by atoms with Gasteiger partial charge in [0.2, 0.25) is 0 Å². The first-order valence-electron chi connectivity index (χ1n) is 8.75. The van der Waals surface area contributed by atoms with E-state index in [0.29, 0.717) is 27.3 Å². The summed E-state index contributed by atoms with van der Waals surface area (Å²) in [5, 5.41) is 8.80. The Morgan fingerprint density at radius 2 is 2.04 bits per heavy atom. The Balaban J connectivity index is 1.70. The van der Waals surface area contributed by atoms with E-state index in [2.05, 4.69) is 10.3 Å². The van der Waals surface area contributed by atoms with E-state index in [0.717, 1.165) is 35.9 Å². The number of thiophene rings is 1. The summed E-state index contributed by atoms with van der Waals surface area (Å²) < 4.78 is 11.6. The molecule has 3 aromatic rings. The molecule has 4 rings (SSSR count). The molecule has 0 spiro atoms. The van der Waals surface area contributed by atoms with Gasteiger partial charge in [-0.15, -0.1) is 16.4 Å². The van der Waals surface area contributed by atoms with Crippen molar-refractivity contribution in [2.75, 3.05) is 14.2 Å². The molecule has 0 amide bonds. The number of methoxy groups -OCH3 is 2. The summed E-state index contributed by atoms with van der Waals surface area (Å²) in [6.45, 7) is -0.185. The lowest BCUT2D eigenvalue weighted by molar-refractivity contribution is 0.0961. The quantitative estimate of drug-likeness (QED) is 0.628. The lowest BCUT2D eigenvalue weighted by atomic mass is 9.97. The van der Waals surface area contributed by atoms with Crippen LogP contribution >= 0.6 is 11.3 Å². The summed E-state index contributed by atoms with van der Waals surface area (Å²) in [5.41, 5.74) is 1.21.